The Labute approximate surface area is 164 Å². The Balaban J connectivity index is 2.00. The Morgan fingerprint density at radius 2 is 1.43 bits per heavy atom. The Hall–Kier alpha value is -3.42. The summed E-state index contributed by atoms with van der Waals surface area (Å²) >= 11 is 0. The number of carbonyl (C=O) groups excluding carboxylic acids is 2. The lowest BCUT2D eigenvalue weighted by Crippen LogP contribution is -2.43. The zero-order valence-electron chi connectivity index (χ0n) is 16.6. The fourth-order valence-corrected chi connectivity index (χ4v) is 2.51. The first kappa shape index (κ1) is 20.9. The number of anilines is 1. The van der Waals surface area contributed by atoms with Gasteiger partial charge >= 0.3 is 6.03 Å². The second-order valence-corrected chi connectivity index (χ2v) is 6.22. The van der Waals surface area contributed by atoms with Crippen LogP contribution < -0.4 is 30.4 Å². The van der Waals surface area contributed by atoms with Crippen LogP contribution in [0.3, 0.4) is 0 Å². The van der Waals surface area contributed by atoms with Crippen LogP contribution in [0, 0.1) is 0 Å². The summed E-state index contributed by atoms with van der Waals surface area (Å²) in [6.07, 6.45) is 0. The summed E-state index contributed by atoms with van der Waals surface area (Å²) in [7, 11) is 4.38. The van der Waals surface area contributed by atoms with Crippen LogP contribution in [0.4, 0.5) is 10.5 Å². The SMILES string of the molecule is COc1cc(C(=O)NNC(=O)Nc2ccc(C(C)C)cc2)cc(OC)c1OC. The van der Waals surface area contributed by atoms with Crippen molar-refractivity contribution in [2.24, 2.45) is 0 Å². The largest absolute Gasteiger partial charge is 0.493 e. The molecule has 2 aromatic carbocycles. The summed E-state index contributed by atoms with van der Waals surface area (Å²) in [6, 6.07) is 9.88. The van der Waals surface area contributed by atoms with Gasteiger partial charge in [0, 0.05) is 11.3 Å². The second kappa shape index (κ2) is 9.50. The molecule has 0 aliphatic rings. The smallest absolute Gasteiger partial charge is 0.337 e. The summed E-state index contributed by atoms with van der Waals surface area (Å²) in [6.45, 7) is 4.18. The Morgan fingerprint density at radius 3 is 1.89 bits per heavy atom. The molecule has 0 heterocycles. The summed E-state index contributed by atoms with van der Waals surface area (Å²) in [5.74, 6) is 0.908. The van der Waals surface area contributed by atoms with E-state index in [1.54, 1.807) is 12.1 Å². The lowest BCUT2D eigenvalue weighted by Gasteiger charge is -2.14. The lowest BCUT2D eigenvalue weighted by molar-refractivity contribution is 0.0937. The number of hydrazine groups is 1. The third kappa shape index (κ3) is 5.06. The van der Waals surface area contributed by atoms with E-state index in [2.05, 4.69) is 30.0 Å². The lowest BCUT2D eigenvalue weighted by atomic mass is 10.0. The summed E-state index contributed by atoms with van der Waals surface area (Å²) in [5.41, 5.74) is 6.66. The van der Waals surface area contributed by atoms with Gasteiger partial charge in [0.25, 0.3) is 5.91 Å². The van der Waals surface area contributed by atoms with Gasteiger partial charge < -0.3 is 19.5 Å². The number of rotatable bonds is 6. The number of benzene rings is 2. The van der Waals surface area contributed by atoms with E-state index in [9.17, 15) is 9.59 Å². The minimum absolute atomic E-state index is 0.232. The highest BCUT2D eigenvalue weighted by Crippen LogP contribution is 2.38. The molecule has 0 saturated heterocycles. The highest BCUT2D eigenvalue weighted by molar-refractivity contribution is 5.98. The fourth-order valence-electron chi connectivity index (χ4n) is 2.51. The third-order valence-electron chi connectivity index (χ3n) is 4.05. The maximum Gasteiger partial charge on any atom is 0.337 e. The summed E-state index contributed by atoms with van der Waals surface area (Å²) in [4.78, 5) is 24.4. The zero-order valence-corrected chi connectivity index (χ0v) is 16.6. The molecular formula is C20H25N3O5. The van der Waals surface area contributed by atoms with Crippen molar-refractivity contribution in [2.45, 2.75) is 19.8 Å². The quantitative estimate of drug-likeness (QED) is 0.661. The van der Waals surface area contributed by atoms with Gasteiger partial charge in [-0.3, -0.25) is 10.2 Å². The maximum atomic E-state index is 12.4. The molecule has 3 amide bonds. The summed E-state index contributed by atoms with van der Waals surface area (Å²) in [5, 5.41) is 2.64. The van der Waals surface area contributed by atoms with E-state index in [1.165, 1.54) is 39.0 Å². The predicted octanol–water partition coefficient (Wildman–Crippen LogP) is 3.30. The molecule has 2 rings (SSSR count). The van der Waals surface area contributed by atoms with Crippen molar-refractivity contribution in [3.63, 3.8) is 0 Å². The Bertz CT molecular complexity index is 809. The molecule has 0 unspecified atom stereocenters. The van der Waals surface area contributed by atoms with Gasteiger partial charge in [-0.05, 0) is 35.7 Å². The normalized spacial score (nSPS) is 10.2. The highest BCUT2D eigenvalue weighted by atomic mass is 16.5. The van der Waals surface area contributed by atoms with Gasteiger partial charge in [0.1, 0.15) is 0 Å². The Kier molecular flexibility index (Phi) is 7.08. The van der Waals surface area contributed by atoms with E-state index in [1.807, 2.05) is 12.1 Å². The van der Waals surface area contributed by atoms with Gasteiger partial charge in [-0.25, -0.2) is 10.2 Å². The number of ether oxygens (including phenoxy) is 3. The molecule has 0 aromatic heterocycles. The van der Waals surface area contributed by atoms with Gasteiger partial charge in [-0.15, -0.1) is 0 Å². The van der Waals surface area contributed by atoms with Crippen LogP contribution in [0.15, 0.2) is 36.4 Å². The number of carbonyl (C=O) groups is 2. The molecule has 28 heavy (non-hydrogen) atoms. The molecule has 2 aromatic rings. The van der Waals surface area contributed by atoms with E-state index >= 15 is 0 Å². The number of amides is 3. The van der Waals surface area contributed by atoms with Crippen molar-refractivity contribution >= 4 is 17.6 Å². The van der Waals surface area contributed by atoms with Gasteiger partial charge in [-0.1, -0.05) is 26.0 Å². The van der Waals surface area contributed by atoms with Crippen LogP contribution in [0.25, 0.3) is 0 Å². The van der Waals surface area contributed by atoms with Crippen LogP contribution in [-0.2, 0) is 0 Å². The van der Waals surface area contributed by atoms with Crippen molar-refractivity contribution in [1.82, 2.24) is 10.9 Å². The molecule has 0 radical (unpaired) electrons. The minimum atomic E-state index is -0.571. The number of hydrogen-bond donors (Lipinski definition) is 3. The van der Waals surface area contributed by atoms with E-state index in [0.717, 1.165) is 0 Å². The van der Waals surface area contributed by atoms with Crippen LogP contribution in [0.5, 0.6) is 17.2 Å². The van der Waals surface area contributed by atoms with Crippen LogP contribution in [-0.4, -0.2) is 33.3 Å². The first-order valence-electron chi connectivity index (χ1n) is 8.66. The van der Waals surface area contributed by atoms with E-state index < -0.39 is 11.9 Å². The van der Waals surface area contributed by atoms with Crippen LogP contribution in [0.1, 0.15) is 35.7 Å². The average Bonchev–Trinajstić information content (AvgIpc) is 2.71. The van der Waals surface area contributed by atoms with E-state index in [0.29, 0.717) is 28.9 Å². The molecule has 0 fully saturated rings. The van der Waals surface area contributed by atoms with Crippen LogP contribution >= 0.6 is 0 Å². The van der Waals surface area contributed by atoms with Gasteiger partial charge in [0.05, 0.1) is 21.3 Å². The molecule has 3 N–H and O–H groups in total. The number of urea groups is 1. The summed E-state index contributed by atoms with van der Waals surface area (Å²) < 4.78 is 15.7. The number of methoxy groups -OCH3 is 3. The van der Waals surface area contributed by atoms with E-state index in [4.69, 9.17) is 14.2 Å². The number of nitrogens with one attached hydrogen (secondary N) is 3. The molecule has 0 bridgehead atoms. The molecule has 0 saturated carbocycles. The zero-order chi connectivity index (χ0) is 20.7. The first-order chi connectivity index (χ1) is 13.4. The van der Waals surface area contributed by atoms with Gasteiger partial charge in [-0.2, -0.15) is 0 Å². The monoisotopic (exact) mass is 387 g/mol. The molecule has 0 aliphatic carbocycles. The van der Waals surface area contributed by atoms with Crippen molar-refractivity contribution in [2.75, 3.05) is 26.6 Å². The van der Waals surface area contributed by atoms with Crippen molar-refractivity contribution in [3.05, 3.63) is 47.5 Å². The molecule has 0 aliphatic heterocycles. The molecule has 8 nitrogen and oxygen atoms in total. The fraction of sp³-hybridized carbons (Fsp3) is 0.300. The average molecular weight is 387 g/mol. The molecule has 0 spiro atoms. The van der Waals surface area contributed by atoms with Crippen LogP contribution in [0.2, 0.25) is 0 Å². The van der Waals surface area contributed by atoms with Gasteiger partial charge in [0.2, 0.25) is 5.75 Å². The molecule has 8 heteroatoms. The number of hydrogen-bond acceptors (Lipinski definition) is 5. The molecule has 150 valence electrons. The highest BCUT2D eigenvalue weighted by Gasteiger charge is 2.17. The second-order valence-electron chi connectivity index (χ2n) is 6.22. The van der Waals surface area contributed by atoms with Crippen molar-refractivity contribution in [1.29, 1.82) is 0 Å². The molecular weight excluding hydrogens is 362 g/mol. The van der Waals surface area contributed by atoms with Crippen molar-refractivity contribution in [3.8, 4) is 17.2 Å². The maximum absolute atomic E-state index is 12.4. The topological polar surface area (TPSA) is 97.9 Å². The third-order valence-corrected chi connectivity index (χ3v) is 4.05. The van der Waals surface area contributed by atoms with E-state index in [-0.39, 0.29) is 5.56 Å². The molecule has 0 atom stereocenters. The van der Waals surface area contributed by atoms with Gasteiger partial charge in [0.15, 0.2) is 11.5 Å². The van der Waals surface area contributed by atoms with Crippen molar-refractivity contribution < 1.29 is 23.8 Å². The first-order valence-corrected chi connectivity index (χ1v) is 8.66. The minimum Gasteiger partial charge on any atom is -0.493 e. The predicted molar refractivity (Wildman–Crippen MR) is 106 cm³/mol. The standard InChI is InChI=1S/C20H25N3O5/c1-12(2)13-6-8-15(9-7-13)21-20(25)23-22-19(24)14-10-16(26-3)18(28-5)17(11-14)27-4/h6-12H,1-5H3,(H,22,24)(H2,21,23,25). The Morgan fingerprint density at radius 1 is 0.857 bits per heavy atom.